The molecule has 1 aromatic heterocycles. The van der Waals surface area contributed by atoms with Crippen molar-refractivity contribution in [2.45, 2.75) is 39.3 Å². The van der Waals surface area contributed by atoms with Crippen LogP contribution in [0.2, 0.25) is 0 Å². The summed E-state index contributed by atoms with van der Waals surface area (Å²) < 4.78 is 7.34. The number of hydrogen-bond donors (Lipinski definition) is 1. The van der Waals surface area contributed by atoms with Crippen LogP contribution >= 0.6 is 0 Å². The van der Waals surface area contributed by atoms with Crippen molar-refractivity contribution < 1.29 is 4.74 Å². The minimum Gasteiger partial charge on any atom is -0.493 e. The van der Waals surface area contributed by atoms with Gasteiger partial charge in [0.05, 0.1) is 25.0 Å². The molecule has 4 nitrogen and oxygen atoms in total. The molecule has 1 aliphatic carbocycles. The summed E-state index contributed by atoms with van der Waals surface area (Å²) >= 11 is 0. The van der Waals surface area contributed by atoms with Crippen molar-refractivity contribution in [2.75, 3.05) is 7.11 Å². The number of rotatable bonds is 5. The lowest BCUT2D eigenvalue weighted by Gasteiger charge is -2.15. The third-order valence-electron chi connectivity index (χ3n) is 3.45. The highest BCUT2D eigenvalue weighted by Gasteiger charge is 2.40. The van der Waals surface area contributed by atoms with Gasteiger partial charge in [-0.15, -0.1) is 0 Å². The van der Waals surface area contributed by atoms with Gasteiger partial charge in [-0.25, -0.2) is 0 Å². The van der Waals surface area contributed by atoms with Crippen LogP contribution in [0.4, 0.5) is 0 Å². The Balaban J connectivity index is 2.24. The molecule has 1 fully saturated rings. The molecule has 90 valence electrons. The number of hydrogen-bond acceptors (Lipinski definition) is 3. The molecule has 0 aliphatic heterocycles. The van der Waals surface area contributed by atoms with E-state index in [-0.39, 0.29) is 6.04 Å². The molecule has 1 aromatic rings. The largest absolute Gasteiger partial charge is 0.493 e. The van der Waals surface area contributed by atoms with Crippen LogP contribution < -0.4 is 10.5 Å². The molecule has 1 heterocycles. The minimum atomic E-state index is 0.0685. The van der Waals surface area contributed by atoms with Crippen LogP contribution in [-0.4, -0.2) is 16.9 Å². The SMILES string of the molecule is CCCn1ncc(OC)c1C(N)C1CC1C. The van der Waals surface area contributed by atoms with E-state index in [1.165, 1.54) is 6.42 Å². The van der Waals surface area contributed by atoms with Gasteiger partial charge in [-0.05, 0) is 24.7 Å². The maximum absolute atomic E-state index is 6.30. The fraction of sp³-hybridized carbons (Fsp3) is 0.750. The van der Waals surface area contributed by atoms with Crippen molar-refractivity contribution in [3.05, 3.63) is 11.9 Å². The van der Waals surface area contributed by atoms with E-state index in [0.717, 1.165) is 30.3 Å². The molecule has 0 bridgehead atoms. The Labute approximate surface area is 96.8 Å². The van der Waals surface area contributed by atoms with Gasteiger partial charge in [-0.1, -0.05) is 13.8 Å². The molecule has 0 amide bonds. The van der Waals surface area contributed by atoms with Gasteiger partial charge < -0.3 is 10.5 Å². The Kier molecular flexibility index (Phi) is 3.19. The first-order valence-corrected chi connectivity index (χ1v) is 6.04. The zero-order valence-electron chi connectivity index (χ0n) is 10.3. The molecule has 2 rings (SSSR count). The van der Waals surface area contributed by atoms with Crippen molar-refractivity contribution in [3.63, 3.8) is 0 Å². The Morgan fingerprint density at radius 3 is 2.88 bits per heavy atom. The van der Waals surface area contributed by atoms with Gasteiger partial charge in [0, 0.05) is 6.54 Å². The van der Waals surface area contributed by atoms with Crippen molar-refractivity contribution in [1.82, 2.24) is 9.78 Å². The Hall–Kier alpha value is -1.03. The summed E-state index contributed by atoms with van der Waals surface area (Å²) in [6.07, 6.45) is 4.06. The maximum atomic E-state index is 6.30. The predicted octanol–water partition coefficient (Wildman–Crippen LogP) is 1.96. The summed E-state index contributed by atoms with van der Waals surface area (Å²) in [6, 6.07) is 0.0685. The van der Waals surface area contributed by atoms with Gasteiger partial charge in [-0.2, -0.15) is 5.10 Å². The summed E-state index contributed by atoms with van der Waals surface area (Å²) in [5.41, 5.74) is 7.37. The zero-order valence-corrected chi connectivity index (χ0v) is 10.3. The van der Waals surface area contributed by atoms with E-state index in [4.69, 9.17) is 10.5 Å². The number of nitrogens with zero attached hydrogens (tertiary/aromatic N) is 2. The van der Waals surface area contributed by atoms with Gasteiger partial charge >= 0.3 is 0 Å². The monoisotopic (exact) mass is 223 g/mol. The topological polar surface area (TPSA) is 53.1 Å². The highest BCUT2D eigenvalue weighted by atomic mass is 16.5. The van der Waals surface area contributed by atoms with Gasteiger partial charge in [0.1, 0.15) is 0 Å². The second-order valence-corrected chi connectivity index (χ2v) is 4.72. The molecule has 1 aliphatic rings. The highest BCUT2D eigenvalue weighted by molar-refractivity contribution is 5.29. The van der Waals surface area contributed by atoms with E-state index in [2.05, 4.69) is 18.9 Å². The van der Waals surface area contributed by atoms with Gasteiger partial charge in [0.15, 0.2) is 5.75 Å². The van der Waals surface area contributed by atoms with Crippen molar-refractivity contribution in [3.8, 4) is 5.75 Å². The lowest BCUT2D eigenvalue weighted by Crippen LogP contribution is -2.19. The molecule has 2 N–H and O–H groups in total. The molecule has 3 atom stereocenters. The zero-order chi connectivity index (χ0) is 11.7. The molecule has 16 heavy (non-hydrogen) atoms. The Morgan fingerprint density at radius 2 is 2.38 bits per heavy atom. The third-order valence-corrected chi connectivity index (χ3v) is 3.45. The highest BCUT2D eigenvalue weighted by Crippen LogP contribution is 2.47. The molecule has 0 radical (unpaired) electrons. The third kappa shape index (κ3) is 1.94. The number of aromatic nitrogens is 2. The van der Waals surface area contributed by atoms with Crippen molar-refractivity contribution in [2.24, 2.45) is 17.6 Å². The van der Waals surface area contributed by atoms with E-state index in [1.54, 1.807) is 13.3 Å². The molecule has 3 unspecified atom stereocenters. The molecule has 0 spiro atoms. The molecule has 0 aromatic carbocycles. The summed E-state index contributed by atoms with van der Waals surface area (Å²) in [7, 11) is 1.68. The van der Waals surface area contributed by atoms with E-state index >= 15 is 0 Å². The number of ether oxygens (including phenoxy) is 1. The van der Waals surface area contributed by atoms with Crippen LogP contribution in [0.5, 0.6) is 5.75 Å². The van der Waals surface area contributed by atoms with Crippen LogP contribution in [0.3, 0.4) is 0 Å². The molecule has 4 heteroatoms. The maximum Gasteiger partial charge on any atom is 0.161 e. The Bertz CT molecular complexity index is 361. The number of nitrogens with two attached hydrogens (primary N) is 1. The van der Waals surface area contributed by atoms with Crippen molar-refractivity contribution >= 4 is 0 Å². The predicted molar refractivity (Wildman–Crippen MR) is 63.3 cm³/mol. The molecular weight excluding hydrogens is 202 g/mol. The van der Waals surface area contributed by atoms with Crippen LogP contribution in [-0.2, 0) is 6.54 Å². The lowest BCUT2D eigenvalue weighted by molar-refractivity contribution is 0.394. The minimum absolute atomic E-state index is 0.0685. The average molecular weight is 223 g/mol. The summed E-state index contributed by atoms with van der Waals surface area (Å²) in [4.78, 5) is 0. The van der Waals surface area contributed by atoms with Crippen molar-refractivity contribution in [1.29, 1.82) is 0 Å². The van der Waals surface area contributed by atoms with E-state index in [1.807, 2.05) is 4.68 Å². The van der Waals surface area contributed by atoms with Crippen LogP contribution in [0.25, 0.3) is 0 Å². The Morgan fingerprint density at radius 1 is 1.69 bits per heavy atom. The van der Waals surface area contributed by atoms with E-state index in [0.29, 0.717) is 5.92 Å². The quantitative estimate of drug-likeness (QED) is 0.830. The van der Waals surface area contributed by atoms with Gasteiger partial charge in [0.2, 0.25) is 0 Å². The lowest BCUT2D eigenvalue weighted by atomic mass is 10.1. The normalized spacial score (nSPS) is 25.5. The van der Waals surface area contributed by atoms with Crippen LogP contribution in [0, 0.1) is 11.8 Å². The standard InChI is InChI=1S/C12H21N3O/c1-4-5-15-12(10(16-3)7-14-15)11(13)9-6-8(9)2/h7-9,11H,4-6,13H2,1-3H3. The first-order valence-electron chi connectivity index (χ1n) is 6.04. The molecule has 0 saturated heterocycles. The number of methoxy groups -OCH3 is 1. The van der Waals surface area contributed by atoms with Crippen LogP contribution in [0.15, 0.2) is 6.20 Å². The molecule has 1 saturated carbocycles. The van der Waals surface area contributed by atoms with Gasteiger partial charge in [0.25, 0.3) is 0 Å². The first-order chi connectivity index (χ1) is 7.69. The first kappa shape index (κ1) is 11.5. The summed E-state index contributed by atoms with van der Waals surface area (Å²) in [6.45, 7) is 5.30. The fourth-order valence-corrected chi connectivity index (χ4v) is 2.32. The van der Waals surface area contributed by atoms with E-state index in [9.17, 15) is 0 Å². The van der Waals surface area contributed by atoms with E-state index < -0.39 is 0 Å². The second kappa shape index (κ2) is 4.45. The molecular formula is C12H21N3O. The fourth-order valence-electron chi connectivity index (χ4n) is 2.32. The van der Waals surface area contributed by atoms with Gasteiger partial charge in [-0.3, -0.25) is 4.68 Å². The summed E-state index contributed by atoms with van der Waals surface area (Å²) in [5.74, 6) is 2.17. The smallest absolute Gasteiger partial charge is 0.161 e. The van der Waals surface area contributed by atoms with Crippen LogP contribution in [0.1, 0.15) is 38.4 Å². The summed E-state index contributed by atoms with van der Waals surface area (Å²) in [5, 5.41) is 4.34. The average Bonchev–Trinajstić information content (AvgIpc) is 2.86. The second-order valence-electron chi connectivity index (χ2n) is 4.72. The number of aryl methyl sites for hydroxylation is 1.